The van der Waals surface area contributed by atoms with Gasteiger partial charge in [0.15, 0.2) is 0 Å². The van der Waals surface area contributed by atoms with Crippen molar-refractivity contribution in [2.75, 3.05) is 0 Å². The molecule has 1 N–H and O–H groups in total. The SMILES string of the molecule is C/C(=C\Oc1cccc(C)c1)C(=O)O. The highest BCUT2D eigenvalue weighted by atomic mass is 16.5. The fraction of sp³-hybridized carbons (Fsp3) is 0.182. The molecular formula is C11H12O3. The van der Waals surface area contributed by atoms with Gasteiger partial charge in [-0.15, -0.1) is 0 Å². The molecule has 1 aromatic rings. The molecule has 1 aromatic carbocycles. The maximum Gasteiger partial charge on any atom is 0.334 e. The van der Waals surface area contributed by atoms with Gasteiger partial charge in [-0.1, -0.05) is 12.1 Å². The summed E-state index contributed by atoms with van der Waals surface area (Å²) in [5.74, 6) is -0.330. The van der Waals surface area contributed by atoms with Crippen LogP contribution < -0.4 is 4.74 Å². The molecule has 74 valence electrons. The molecule has 1 rings (SSSR count). The quantitative estimate of drug-likeness (QED) is 0.590. The average molecular weight is 192 g/mol. The molecule has 0 unspecified atom stereocenters. The summed E-state index contributed by atoms with van der Waals surface area (Å²) in [5.41, 5.74) is 1.25. The van der Waals surface area contributed by atoms with Crippen molar-refractivity contribution in [1.82, 2.24) is 0 Å². The van der Waals surface area contributed by atoms with Crippen LogP contribution in [0.3, 0.4) is 0 Å². The number of carbonyl (C=O) groups is 1. The van der Waals surface area contributed by atoms with Gasteiger partial charge in [0.2, 0.25) is 0 Å². The standard InChI is InChI=1S/C11H12O3/c1-8-4-3-5-10(6-8)14-7-9(2)11(12)13/h3-7H,1-2H3,(H,12,13)/b9-7+. The van der Waals surface area contributed by atoms with Crippen LogP contribution in [-0.4, -0.2) is 11.1 Å². The Morgan fingerprint density at radius 3 is 2.79 bits per heavy atom. The molecule has 0 aromatic heterocycles. The molecule has 14 heavy (non-hydrogen) atoms. The first-order chi connectivity index (χ1) is 6.59. The lowest BCUT2D eigenvalue weighted by molar-refractivity contribution is -0.132. The van der Waals surface area contributed by atoms with Crippen LogP contribution in [0.5, 0.6) is 5.75 Å². The number of ether oxygens (including phenoxy) is 1. The first-order valence-corrected chi connectivity index (χ1v) is 4.23. The first kappa shape index (κ1) is 10.3. The second-order valence-electron chi connectivity index (χ2n) is 3.04. The minimum absolute atomic E-state index is 0.173. The molecular weight excluding hydrogens is 180 g/mol. The van der Waals surface area contributed by atoms with Crippen LogP contribution in [-0.2, 0) is 4.79 Å². The van der Waals surface area contributed by atoms with Crippen LogP contribution in [0.4, 0.5) is 0 Å². The van der Waals surface area contributed by atoms with E-state index in [1.807, 2.05) is 25.1 Å². The Bertz CT molecular complexity index is 367. The van der Waals surface area contributed by atoms with Gasteiger partial charge in [-0.25, -0.2) is 4.79 Å². The van der Waals surface area contributed by atoms with Crippen molar-refractivity contribution >= 4 is 5.97 Å². The Hall–Kier alpha value is -1.77. The Kier molecular flexibility index (Phi) is 3.29. The van der Waals surface area contributed by atoms with Crippen molar-refractivity contribution in [3.63, 3.8) is 0 Å². The molecule has 0 bridgehead atoms. The molecule has 0 saturated heterocycles. The van der Waals surface area contributed by atoms with Crippen molar-refractivity contribution in [2.24, 2.45) is 0 Å². The van der Waals surface area contributed by atoms with Crippen molar-refractivity contribution in [1.29, 1.82) is 0 Å². The summed E-state index contributed by atoms with van der Waals surface area (Å²) in [5, 5.41) is 8.57. The van der Waals surface area contributed by atoms with E-state index in [0.717, 1.165) is 5.56 Å². The van der Waals surface area contributed by atoms with E-state index in [0.29, 0.717) is 5.75 Å². The Labute approximate surface area is 82.6 Å². The molecule has 0 aliphatic rings. The second kappa shape index (κ2) is 4.46. The summed E-state index contributed by atoms with van der Waals surface area (Å²) in [6.07, 6.45) is 1.23. The van der Waals surface area contributed by atoms with Gasteiger partial charge in [0.05, 0.1) is 5.57 Å². The largest absolute Gasteiger partial charge is 0.478 e. The number of benzene rings is 1. The summed E-state index contributed by atoms with van der Waals surface area (Å²) in [4.78, 5) is 10.4. The monoisotopic (exact) mass is 192 g/mol. The third kappa shape index (κ3) is 2.94. The van der Waals surface area contributed by atoms with Gasteiger partial charge in [0.1, 0.15) is 12.0 Å². The number of hydrogen-bond donors (Lipinski definition) is 1. The van der Waals surface area contributed by atoms with Gasteiger partial charge in [-0.05, 0) is 31.5 Å². The Morgan fingerprint density at radius 1 is 1.50 bits per heavy atom. The minimum atomic E-state index is -0.974. The summed E-state index contributed by atoms with van der Waals surface area (Å²) in [6.45, 7) is 3.43. The van der Waals surface area contributed by atoms with Gasteiger partial charge in [0, 0.05) is 0 Å². The van der Waals surface area contributed by atoms with Crippen molar-refractivity contribution in [2.45, 2.75) is 13.8 Å². The number of carboxylic acids is 1. The molecule has 0 aliphatic carbocycles. The Morgan fingerprint density at radius 2 is 2.21 bits per heavy atom. The van der Waals surface area contributed by atoms with E-state index in [1.165, 1.54) is 13.2 Å². The molecule has 3 heteroatoms. The minimum Gasteiger partial charge on any atom is -0.478 e. The van der Waals surface area contributed by atoms with E-state index < -0.39 is 5.97 Å². The first-order valence-electron chi connectivity index (χ1n) is 4.23. The van der Waals surface area contributed by atoms with Gasteiger partial charge < -0.3 is 9.84 Å². The van der Waals surface area contributed by atoms with Crippen LogP contribution in [0.15, 0.2) is 36.1 Å². The van der Waals surface area contributed by atoms with Crippen molar-refractivity contribution in [3.05, 3.63) is 41.7 Å². The number of carboxylic acid groups (broad SMARTS) is 1. The summed E-state index contributed by atoms with van der Waals surface area (Å²) >= 11 is 0. The summed E-state index contributed by atoms with van der Waals surface area (Å²) < 4.78 is 5.17. The predicted molar refractivity (Wildman–Crippen MR) is 53.2 cm³/mol. The second-order valence-corrected chi connectivity index (χ2v) is 3.04. The van der Waals surface area contributed by atoms with Crippen LogP contribution >= 0.6 is 0 Å². The lowest BCUT2D eigenvalue weighted by Gasteiger charge is -2.01. The predicted octanol–water partition coefficient (Wildman–Crippen LogP) is 2.36. The van der Waals surface area contributed by atoms with Gasteiger partial charge in [-0.3, -0.25) is 0 Å². The number of hydrogen-bond acceptors (Lipinski definition) is 2. The smallest absolute Gasteiger partial charge is 0.334 e. The highest BCUT2D eigenvalue weighted by Gasteiger charge is 1.99. The molecule has 0 saturated carbocycles. The zero-order valence-electron chi connectivity index (χ0n) is 8.15. The third-order valence-corrected chi connectivity index (χ3v) is 1.70. The Balaban J connectivity index is 2.71. The van der Waals surface area contributed by atoms with E-state index in [2.05, 4.69) is 0 Å². The average Bonchev–Trinajstić information content (AvgIpc) is 2.14. The van der Waals surface area contributed by atoms with Crippen molar-refractivity contribution in [3.8, 4) is 5.75 Å². The van der Waals surface area contributed by atoms with E-state index in [4.69, 9.17) is 9.84 Å². The lowest BCUT2D eigenvalue weighted by atomic mass is 10.2. The van der Waals surface area contributed by atoms with Crippen molar-refractivity contribution < 1.29 is 14.6 Å². The zero-order chi connectivity index (χ0) is 10.6. The topological polar surface area (TPSA) is 46.5 Å². The normalized spacial score (nSPS) is 11.1. The van der Waals surface area contributed by atoms with Crippen LogP contribution in [0.25, 0.3) is 0 Å². The molecule has 0 atom stereocenters. The number of rotatable bonds is 3. The number of aliphatic carboxylic acids is 1. The highest BCUT2D eigenvalue weighted by molar-refractivity contribution is 5.85. The van der Waals surface area contributed by atoms with Crippen LogP contribution in [0, 0.1) is 6.92 Å². The van der Waals surface area contributed by atoms with Gasteiger partial charge in [0.25, 0.3) is 0 Å². The molecule has 0 spiro atoms. The molecule has 0 heterocycles. The summed E-state index contributed by atoms with van der Waals surface area (Å²) in [6, 6.07) is 7.42. The maximum atomic E-state index is 10.4. The van der Waals surface area contributed by atoms with E-state index in [-0.39, 0.29) is 5.57 Å². The van der Waals surface area contributed by atoms with Gasteiger partial charge >= 0.3 is 5.97 Å². The maximum absolute atomic E-state index is 10.4. The molecule has 0 amide bonds. The highest BCUT2D eigenvalue weighted by Crippen LogP contribution is 2.13. The van der Waals surface area contributed by atoms with E-state index >= 15 is 0 Å². The fourth-order valence-electron chi connectivity index (χ4n) is 0.895. The van der Waals surface area contributed by atoms with Crippen LogP contribution in [0.1, 0.15) is 12.5 Å². The lowest BCUT2D eigenvalue weighted by Crippen LogP contribution is -1.98. The molecule has 0 aliphatic heterocycles. The third-order valence-electron chi connectivity index (χ3n) is 1.70. The fourth-order valence-corrected chi connectivity index (χ4v) is 0.895. The zero-order valence-corrected chi connectivity index (χ0v) is 8.15. The number of aryl methyl sites for hydroxylation is 1. The summed E-state index contributed by atoms with van der Waals surface area (Å²) in [7, 11) is 0. The van der Waals surface area contributed by atoms with E-state index in [9.17, 15) is 4.79 Å². The van der Waals surface area contributed by atoms with Gasteiger partial charge in [-0.2, -0.15) is 0 Å². The van der Waals surface area contributed by atoms with Crippen LogP contribution in [0.2, 0.25) is 0 Å². The molecule has 0 radical (unpaired) electrons. The molecule has 0 fully saturated rings. The van der Waals surface area contributed by atoms with E-state index in [1.54, 1.807) is 6.07 Å². The molecule has 3 nitrogen and oxygen atoms in total.